The summed E-state index contributed by atoms with van der Waals surface area (Å²) in [6, 6.07) is 5.62. The second-order valence-corrected chi connectivity index (χ2v) is 7.74. The first-order valence-corrected chi connectivity index (χ1v) is 9.71. The van der Waals surface area contributed by atoms with Crippen LogP contribution in [0.5, 0.6) is 0 Å². The highest BCUT2D eigenvalue weighted by atomic mass is 35.5. The molecule has 1 atom stereocenters. The highest BCUT2D eigenvalue weighted by Crippen LogP contribution is 2.23. The molecule has 2 heterocycles. The van der Waals surface area contributed by atoms with Gasteiger partial charge in [0.1, 0.15) is 12.4 Å². The summed E-state index contributed by atoms with van der Waals surface area (Å²) >= 11 is 12.0. The van der Waals surface area contributed by atoms with E-state index in [2.05, 4.69) is 10.00 Å². The summed E-state index contributed by atoms with van der Waals surface area (Å²) in [5.74, 6) is -0.270. The molecule has 1 saturated heterocycles. The van der Waals surface area contributed by atoms with Crippen molar-refractivity contribution in [2.24, 2.45) is 5.92 Å². The maximum absolute atomic E-state index is 12.7. The van der Waals surface area contributed by atoms with E-state index in [1.807, 2.05) is 24.0 Å². The quantitative estimate of drug-likeness (QED) is 0.524. The zero-order chi connectivity index (χ0) is 20.3. The van der Waals surface area contributed by atoms with E-state index in [-0.39, 0.29) is 17.5 Å². The van der Waals surface area contributed by atoms with Crippen LogP contribution in [0.1, 0.15) is 12.5 Å². The van der Waals surface area contributed by atoms with Crippen LogP contribution in [0.25, 0.3) is 0 Å². The van der Waals surface area contributed by atoms with Gasteiger partial charge in [-0.05, 0) is 17.7 Å². The standard InChI is InChI=1S/C18H21Cl2N5O3/c1-13(10-24-12-15(9-21-24)25(27)28)18(26)23-6-4-22(5-7-23)11-14-2-3-16(19)17(20)8-14/h2-3,8-9,12-13H,4-7,10-11H2,1H3. The van der Waals surface area contributed by atoms with Crippen molar-refractivity contribution in [3.05, 3.63) is 56.3 Å². The lowest BCUT2D eigenvalue weighted by atomic mass is 10.1. The summed E-state index contributed by atoms with van der Waals surface area (Å²) in [6.45, 7) is 5.71. The van der Waals surface area contributed by atoms with Crippen molar-refractivity contribution in [3.8, 4) is 0 Å². The van der Waals surface area contributed by atoms with E-state index in [9.17, 15) is 14.9 Å². The maximum atomic E-state index is 12.7. The van der Waals surface area contributed by atoms with Gasteiger partial charge in [0.2, 0.25) is 5.91 Å². The van der Waals surface area contributed by atoms with Gasteiger partial charge in [0.05, 0.1) is 27.4 Å². The van der Waals surface area contributed by atoms with Crippen LogP contribution in [0.3, 0.4) is 0 Å². The number of halogens is 2. The van der Waals surface area contributed by atoms with Crippen LogP contribution in [-0.2, 0) is 17.9 Å². The number of carbonyl (C=O) groups excluding carboxylic acids is 1. The van der Waals surface area contributed by atoms with Crippen molar-refractivity contribution in [1.82, 2.24) is 19.6 Å². The van der Waals surface area contributed by atoms with Crippen LogP contribution in [0.15, 0.2) is 30.6 Å². The Labute approximate surface area is 172 Å². The van der Waals surface area contributed by atoms with Gasteiger partial charge in [0.25, 0.3) is 0 Å². The van der Waals surface area contributed by atoms with E-state index in [0.717, 1.165) is 25.2 Å². The molecule has 28 heavy (non-hydrogen) atoms. The van der Waals surface area contributed by atoms with Crippen molar-refractivity contribution < 1.29 is 9.72 Å². The Morgan fingerprint density at radius 1 is 1.25 bits per heavy atom. The molecule has 1 aliphatic rings. The second-order valence-electron chi connectivity index (χ2n) is 6.93. The van der Waals surface area contributed by atoms with Crippen LogP contribution < -0.4 is 0 Å². The Kier molecular flexibility index (Phi) is 6.53. The molecule has 0 radical (unpaired) electrons. The molecular weight excluding hydrogens is 405 g/mol. The molecular formula is C18H21Cl2N5O3. The summed E-state index contributed by atoms with van der Waals surface area (Å²) in [5, 5.41) is 15.8. The smallest absolute Gasteiger partial charge is 0.306 e. The summed E-state index contributed by atoms with van der Waals surface area (Å²) in [4.78, 5) is 27.0. The lowest BCUT2D eigenvalue weighted by Gasteiger charge is -2.36. The van der Waals surface area contributed by atoms with Gasteiger partial charge in [-0.2, -0.15) is 5.10 Å². The van der Waals surface area contributed by atoms with E-state index in [1.54, 1.807) is 6.07 Å². The number of hydrogen-bond donors (Lipinski definition) is 0. The third kappa shape index (κ3) is 5.01. The van der Waals surface area contributed by atoms with Gasteiger partial charge in [-0.3, -0.25) is 24.5 Å². The number of rotatable bonds is 6. The molecule has 3 rings (SSSR count). The minimum absolute atomic E-state index is 0.0346. The molecule has 0 saturated carbocycles. The number of carbonyl (C=O) groups is 1. The number of hydrogen-bond acceptors (Lipinski definition) is 5. The van der Waals surface area contributed by atoms with Gasteiger partial charge in [0, 0.05) is 32.7 Å². The maximum Gasteiger partial charge on any atom is 0.306 e. The van der Waals surface area contributed by atoms with Crippen LogP contribution in [0.4, 0.5) is 5.69 Å². The highest BCUT2D eigenvalue weighted by molar-refractivity contribution is 6.42. The zero-order valence-corrected chi connectivity index (χ0v) is 16.9. The van der Waals surface area contributed by atoms with Crippen LogP contribution in [0.2, 0.25) is 10.0 Å². The van der Waals surface area contributed by atoms with Gasteiger partial charge in [-0.25, -0.2) is 0 Å². The fourth-order valence-electron chi connectivity index (χ4n) is 3.24. The molecule has 0 aliphatic carbocycles. The minimum Gasteiger partial charge on any atom is -0.340 e. The minimum atomic E-state index is -0.497. The van der Waals surface area contributed by atoms with Gasteiger partial charge < -0.3 is 4.90 Å². The number of nitrogens with zero attached hydrogens (tertiary/aromatic N) is 5. The molecule has 0 N–H and O–H groups in total. The first-order chi connectivity index (χ1) is 13.3. The zero-order valence-electron chi connectivity index (χ0n) is 15.4. The predicted molar refractivity (Wildman–Crippen MR) is 106 cm³/mol. The predicted octanol–water partition coefficient (Wildman–Crippen LogP) is 3.08. The van der Waals surface area contributed by atoms with E-state index in [4.69, 9.17) is 23.2 Å². The Bertz CT molecular complexity index is 865. The lowest BCUT2D eigenvalue weighted by molar-refractivity contribution is -0.385. The Morgan fingerprint density at radius 2 is 1.96 bits per heavy atom. The normalized spacial score (nSPS) is 16.2. The summed E-state index contributed by atoms with van der Waals surface area (Å²) < 4.78 is 1.45. The fourth-order valence-corrected chi connectivity index (χ4v) is 3.56. The van der Waals surface area contributed by atoms with Gasteiger partial charge in [-0.15, -0.1) is 0 Å². The average Bonchev–Trinajstić information content (AvgIpc) is 3.13. The number of nitro groups is 1. The molecule has 150 valence electrons. The van der Waals surface area contributed by atoms with Crippen LogP contribution in [0, 0.1) is 16.0 Å². The number of aromatic nitrogens is 2. The molecule has 1 amide bonds. The summed E-state index contributed by atoms with van der Waals surface area (Å²) in [6.07, 6.45) is 2.54. The van der Waals surface area contributed by atoms with E-state index >= 15 is 0 Å². The fraction of sp³-hybridized carbons (Fsp3) is 0.444. The molecule has 1 unspecified atom stereocenters. The molecule has 2 aromatic rings. The van der Waals surface area contributed by atoms with Crippen molar-refractivity contribution in [2.45, 2.75) is 20.0 Å². The van der Waals surface area contributed by atoms with Crippen molar-refractivity contribution in [3.63, 3.8) is 0 Å². The third-order valence-corrected chi connectivity index (χ3v) is 5.53. The van der Waals surface area contributed by atoms with Crippen LogP contribution in [-0.4, -0.2) is 56.6 Å². The lowest BCUT2D eigenvalue weighted by Crippen LogP contribution is -2.50. The third-order valence-electron chi connectivity index (χ3n) is 4.79. The molecule has 10 heteroatoms. The molecule has 1 fully saturated rings. The molecule has 1 aromatic carbocycles. The molecule has 0 spiro atoms. The number of piperazine rings is 1. The van der Waals surface area contributed by atoms with Crippen LogP contribution >= 0.6 is 23.2 Å². The Hall–Kier alpha value is -2.16. The Balaban J connectivity index is 1.49. The topological polar surface area (TPSA) is 84.5 Å². The monoisotopic (exact) mass is 425 g/mol. The molecule has 0 bridgehead atoms. The highest BCUT2D eigenvalue weighted by Gasteiger charge is 2.25. The van der Waals surface area contributed by atoms with Gasteiger partial charge in [0.15, 0.2) is 0 Å². The molecule has 1 aliphatic heterocycles. The van der Waals surface area contributed by atoms with Gasteiger partial charge in [-0.1, -0.05) is 36.2 Å². The van der Waals surface area contributed by atoms with Crippen molar-refractivity contribution >= 4 is 34.8 Å². The number of benzene rings is 1. The first kappa shape index (κ1) is 20.6. The van der Waals surface area contributed by atoms with E-state index in [1.165, 1.54) is 17.1 Å². The summed E-state index contributed by atoms with van der Waals surface area (Å²) in [5.41, 5.74) is 1.01. The molecule has 8 nitrogen and oxygen atoms in total. The largest absolute Gasteiger partial charge is 0.340 e. The Morgan fingerprint density at radius 3 is 2.57 bits per heavy atom. The SMILES string of the molecule is CC(Cn1cc([N+](=O)[O-])cn1)C(=O)N1CCN(Cc2ccc(Cl)c(Cl)c2)CC1. The van der Waals surface area contributed by atoms with Crippen molar-refractivity contribution in [1.29, 1.82) is 0 Å². The first-order valence-electron chi connectivity index (χ1n) is 8.95. The molecule has 1 aromatic heterocycles. The average molecular weight is 426 g/mol. The van der Waals surface area contributed by atoms with Crippen molar-refractivity contribution in [2.75, 3.05) is 26.2 Å². The summed E-state index contributed by atoms with van der Waals surface area (Å²) in [7, 11) is 0. The van der Waals surface area contributed by atoms with E-state index < -0.39 is 4.92 Å². The second kappa shape index (κ2) is 8.89. The van der Waals surface area contributed by atoms with E-state index in [0.29, 0.717) is 29.7 Å². The number of amides is 1. The van der Waals surface area contributed by atoms with Gasteiger partial charge >= 0.3 is 5.69 Å².